The third-order valence-electron chi connectivity index (χ3n) is 4.74. The summed E-state index contributed by atoms with van der Waals surface area (Å²) < 4.78 is 5.93. The van der Waals surface area contributed by atoms with Crippen molar-refractivity contribution in [2.45, 2.75) is 37.3 Å². The van der Waals surface area contributed by atoms with Gasteiger partial charge in [-0.3, -0.25) is 0 Å². The van der Waals surface area contributed by atoms with Crippen LogP contribution in [0.5, 0.6) is 0 Å². The van der Waals surface area contributed by atoms with Crippen LogP contribution in [0.25, 0.3) is 0 Å². The first-order valence-electron chi connectivity index (χ1n) is 7.59. The smallest absolute Gasteiger partial charge is 0.214 e. The zero-order chi connectivity index (χ0) is 13.4. The van der Waals surface area contributed by atoms with Crippen LogP contribution in [-0.2, 0) is 4.74 Å². The second-order valence-corrected chi connectivity index (χ2v) is 5.94. The summed E-state index contributed by atoms with van der Waals surface area (Å²) in [5, 5.41) is 3.68. The van der Waals surface area contributed by atoms with Crippen LogP contribution in [0, 0.1) is 0 Å². The maximum Gasteiger partial charge on any atom is 0.214 e. The van der Waals surface area contributed by atoms with Crippen LogP contribution in [0.15, 0.2) is 47.0 Å². The van der Waals surface area contributed by atoms with Crippen LogP contribution in [0.4, 0.5) is 0 Å². The van der Waals surface area contributed by atoms with Gasteiger partial charge in [-0.2, -0.15) is 0 Å². The van der Waals surface area contributed by atoms with E-state index in [0.29, 0.717) is 6.61 Å². The second-order valence-electron chi connectivity index (χ2n) is 5.94. The van der Waals surface area contributed by atoms with Crippen LogP contribution >= 0.6 is 0 Å². The van der Waals surface area contributed by atoms with Gasteiger partial charge in [0.05, 0.1) is 0 Å². The Kier molecular flexibility index (Phi) is 2.88. The van der Waals surface area contributed by atoms with Crippen LogP contribution in [0.3, 0.4) is 0 Å². The van der Waals surface area contributed by atoms with Gasteiger partial charge < -0.3 is 10.1 Å². The van der Waals surface area contributed by atoms with E-state index in [-0.39, 0.29) is 11.6 Å². The minimum Gasteiger partial charge on any atom is -0.475 e. The maximum atomic E-state index is 5.93. The first kappa shape index (κ1) is 12.2. The van der Waals surface area contributed by atoms with Crippen LogP contribution in [-0.4, -0.2) is 24.6 Å². The van der Waals surface area contributed by atoms with E-state index in [9.17, 15) is 0 Å². The van der Waals surface area contributed by atoms with Crippen molar-refractivity contribution in [2.75, 3.05) is 13.2 Å². The number of rotatable bonds is 2. The Labute approximate surface area is 119 Å². The van der Waals surface area contributed by atoms with Gasteiger partial charge in [0.25, 0.3) is 0 Å². The lowest BCUT2D eigenvalue weighted by Gasteiger charge is -2.27. The number of ether oxygens (including phenoxy) is 1. The molecule has 3 aliphatic rings. The SMILES string of the molecule is C1=C(C2=N[C@H](c3ccccc3)CO2)[C@@]2(CC1)CCCN2. The normalized spacial score (nSPS) is 32.3. The van der Waals surface area contributed by atoms with Gasteiger partial charge in [0, 0.05) is 11.1 Å². The molecule has 3 heteroatoms. The van der Waals surface area contributed by atoms with E-state index in [1.54, 1.807) is 0 Å². The third kappa shape index (κ3) is 1.88. The molecule has 1 aromatic carbocycles. The predicted octanol–water partition coefficient (Wildman–Crippen LogP) is 3.00. The summed E-state index contributed by atoms with van der Waals surface area (Å²) in [6.07, 6.45) is 7.13. The van der Waals surface area contributed by atoms with Gasteiger partial charge in [-0.25, -0.2) is 4.99 Å². The van der Waals surface area contributed by atoms with E-state index < -0.39 is 0 Å². The molecule has 0 radical (unpaired) electrons. The Hall–Kier alpha value is -1.61. The minimum atomic E-state index is 0.157. The van der Waals surface area contributed by atoms with Gasteiger partial charge in [-0.15, -0.1) is 0 Å². The van der Waals surface area contributed by atoms with E-state index in [2.05, 4.69) is 35.7 Å². The lowest BCUT2D eigenvalue weighted by molar-refractivity contribution is 0.312. The summed E-state index contributed by atoms with van der Waals surface area (Å²) in [5.41, 5.74) is 2.72. The fourth-order valence-corrected chi connectivity index (χ4v) is 3.70. The molecule has 0 aromatic heterocycles. The predicted molar refractivity (Wildman–Crippen MR) is 79.9 cm³/mol. The molecule has 0 unspecified atom stereocenters. The molecule has 20 heavy (non-hydrogen) atoms. The zero-order valence-electron chi connectivity index (χ0n) is 11.6. The van der Waals surface area contributed by atoms with Crippen molar-refractivity contribution in [3.8, 4) is 0 Å². The highest BCUT2D eigenvalue weighted by molar-refractivity contribution is 5.97. The van der Waals surface area contributed by atoms with Crippen molar-refractivity contribution in [1.29, 1.82) is 0 Å². The number of allylic oxidation sites excluding steroid dienone is 1. The van der Waals surface area contributed by atoms with Crippen LogP contribution < -0.4 is 5.32 Å². The van der Waals surface area contributed by atoms with E-state index in [1.165, 1.54) is 30.4 Å². The third-order valence-corrected chi connectivity index (χ3v) is 4.74. The van der Waals surface area contributed by atoms with E-state index in [0.717, 1.165) is 18.9 Å². The first-order valence-corrected chi connectivity index (χ1v) is 7.59. The summed E-state index contributed by atoms with van der Waals surface area (Å²) in [6.45, 7) is 1.79. The van der Waals surface area contributed by atoms with E-state index in [1.807, 2.05) is 6.07 Å². The lowest BCUT2D eigenvalue weighted by atomic mass is 9.89. The van der Waals surface area contributed by atoms with Gasteiger partial charge in [-0.05, 0) is 37.8 Å². The highest BCUT2D eigenvalue weighted by Crippen LogP contribution is 2.40. The first-order chi connectivity index (χ1) is 9.87. The largest absolute Gasteiger partial charge is 0.475 e. The van der Waals surface area contributed by atoms with Crippen molar-refractivity contribution in [3.63, 3.8) is 0 Å². The highest BCUT2D eigenvalue weighted by Gasteiger charge is 2.43. The number of aliphatic imine (C=N–C) groups is 1. The zero-order valence-corrected chi connectivity index (χ0v) is 11.6. The number of nitrogens with zero attached hydrogens (tertiary/aromatic N) is 1. The summed E-state index contributed by atoms with van der Waals surface area (Å²) in [6, 6.07) is 10.6. The van der Waals surface area contributed by atoms with Crippen molar-refractivity contribution >= 4 is 5.90 Å². The van der Waals surface area contributed by atoms with Gasteiger partial charge in [0.1, 0.15) is 12.6 Å². The average molecular weight is 268 g/mol. The van der Waals surface area contributed by atoms with E-state index in [4.69, 9.17) is 9.73 Å². The number of hydrogen-bond acceptors (Lipinski definition) is 3. The Bertz CT molecular complexity index is 556. The average Bonchev–Trinajstić information content (AvgIpc) is 3.22. The summed E-state index contributed by atoms with van der Waals surface area (Å²) >= 11 is 0. The molecule has 2 heterocycles. The molecular formula is C17H20N2O. The Morgan fingerprint density at radius 2 is 2.10 bits per heavy atom. The fourth-order valence-electron chi connectivity index (χ4n) is 3.70. The fraction of sp³-hybridized carbons (Fsp3) is 0.471. The molecule has 104 valence electrons. The number of hydrogen-bond donors (Lipinski definition) is 1. The molecule has 0 amide bonds. The van der Waals surface area contributed by atoms with Crippen LogP contribution in [0.1, 0.15) is 37.3 Å². The topological polar surface area (TPSA) is 33.6 Å². The summed E-state index contributed by atoms with van der Waals surface area (Å²) in [4.78, 5) is 4.85. The van der Waals surface area contributed by atoms with Crippen LogP contribution in [0.2, 0.25) is 0 Å². The molecular weight excluding hydrogens is 248 g/mol. The van der Waals surface area contributed by atoms with Gasteiger partial charge in [0.2, 0.25) is 5.90 Å². The quantitative estimate of drug-likeness (QED) is 0.894. The molecule has 1 N–H and O–H groups in total. The highest BCUT2D eigenvalue weighted by atomic mass is 16.5. The Balaban J connectivity index is 1.61. The van der Waals surface area contributed by atoms with E-state index >= 15 is 0 Å². The molecule has 1 spiro atoms. The molecule has 1 aliphatic carbocycles. The number of nitrogens with one attached hydrogen (secondary N) is 1. The molecule has 1 saturated heterocycles. The van der Waals surface area contributed by atoms with Gasteiger partial charge in [-0.1, -0.05) is 36.4 Å². The summed E-state index contributed by atoms with van der Waals surface area (Å²) in [5.74, 6) is 0.880. The molecule has 4 rings (SSSR count). The molecule has 0 saturated carbocycles. The number of benzene rings is 1. The molecule has 0 bridgehead atoms. The second kappa shape index (κ2) is 4.74. The Morgan fingerprint density at radius 3 is 2.90 bits per heavy atom. The molecule has 1 aromatic rings. The molecule has 3 nitrogen and oxygen atoms in total. The van der Waals surface area contributed by atoms with Gasteiger partial charge in [0.15, 0.2) is 0 Å². The molecule has 1 fully saturated rings. The van der Waals surface area contributed by atoms with Gasteiger partial charge >= 0.3 is 0 Å². The standard InChI is InChI=1S/C17H20N2O/c1-2-6-13(7-3-1)15-12-20-16(19-15)14-8-4-9-17(14)10-5-11-18-17/h1-3,6-8,15,18H,4-5,9-12H2/t15-,17+/m0/s1. The minimum absolute atomic E-state index is 0.157. The van der Waals surface area contributed by atoms with Crippen molar-refractivity contribution in [3.05, 3.63) is 47.5 Å². The molecule has 2 aliphatic heterocycles. The lowest BCUT2D eigenvalue weighted by Crippen LogP contribution is -2.41. The Morgan fingerprint density at radius 1 is 1.20 bits per heavy atom. The van der Waals surface area contributed by atoms with Crippen molar-refractivity contribution < 1.29 is 4.74 Å². The monoisotopic (exact) mass is 268 g/mol. The maximum absolute atomic E-state index is 5.93. The van der Waals surface area contributed by atoms with Crippen molar-refractivity contribution in [1.82, 2.24) is 5.32 Å². The summed E-state index contributed by atoms with van der Waals surface area (Å²) in [7, 11) is 0. The van der Waals surface area contributed by atoms with Crippen molar-refractivity contribution in [2.24, 2.45) is 4.99 Å². The molecule has 2 atom stereocenters.